The van der Waals surface area contributed by atoms with Gasteiger partial charge in [0.15, 0.2) is 0 Å². The number of halogens is 3. The van der Waals surface area contributed by atoms with Crippen LogP contribution in [0, 0.1) is 34.0 Å². The van der Waals surface area contributed by atoms with E-state index >= 15 is 0 Å². The summed E-state index contributed by atoms with van der Waals surface area (Å²) in [6.07, 6.45) is -2.85. The molecule has 122 valence electrons. The molecule has 1 aliphatic carbocycles. The van der Waals surface area contributed by atoms with Crippen LogP contribution in [0.3, 0.4) is 0 Å². The Morgan fingerprint density at radius 1 is 1.18 bits per heavy atom. The van der Waals surface area contributed by atoms with Gasteiger partial charge in [-0.25, -0.2) is 0 Å². The van der Waals surface area contributed by atoms with Crippen LogP contribution < -0.4 is 0 Å². The second-order valence-corrected chi connectivity index (χ2v) is 5.64. The Morgan fingerprint density at radius 2 is 1.77 bits per heavy atom. The third kappa shape index (κ3) is 5.93. The van der Waals surface area contributed by atoms with E-state index in [-0.39, 0.29) is 12.3 Å². The summed E-state index contributed by atoms with van der Waals surface area (Å²) in [4.78, 5) is 4.99. The monoisotopic (exact) mass is 315 g/mol. The minimum absolute atomic E-state index is 0.0770. The predicted molar refractivity (Wildman–Crippen MR) is 74.6 cm³/mol. The van der Waals surface area contributed by atoms with Crippen LogP contribution in [0.25, 0.3) is 0 Å². The van der Waals surface area contributed by atoms with Gasteiger partial charge in [0.05, 0.1) is 17.9 Å². The van der Waals surface area contributed by atoms with Crippen LogP contribution in [0.1, 0.15) is 51.9 Å². The lowest BCUT2D eigenvalue weighted by molar-refractivity contribution is -0.138. The van der Waals surface area contributed by atoms with E-state index in [0.717, 1.165) is 18.6 Å². The molecule has 0 aliphatic heterocycles. The highest BCUT2D eigenvalue weighted by atomic mass is 19.4. The van der Waals surface area contributed by atoms with Gasteiger partial charge in [-0.15, -0.1) is 0 Å². The van der Waals surface area contributed by atoms with Crippen molar-refractivity contribution in [2.45, 2.75) is 58.0 Å². The Balaban J connectivity index is 2.59. The number of oxime groups is 1. The summed E-state index contributed by atoms with van der Waals surface area (Å²) in [6.45, 7) is 2.33. The normalized spacial score (nSPS) is 19.2. The van der Waals surface area contributed by atoms with Gasteiger partial charge in [-0.1, -0.05) is 5.16 Å². The summed E-state index contributed by atoms with van der Waals surface area (Å²) in [5.41, 5.74) is -0.609. The van der Waals surface area contributed by atoms with Gasteiger partial charge in [-0.3, -0.25) is 0 Å². The Labute approximate surface area is 128 Å². The van der Waals surface area contributed by atoms with Gasteiger partial charge in [0, 0.05) is 6.42 Å². The molecule has 0 aromatic rings. The maximum atomic E-state index is 12.4. The van der Waals surface area contributed by atoms with Crippen LogP contribution >= 0.6 is 0 Å². The van der Waals surface area contributed by atoms with Crippen molar-refractivity contribution >= 4 is 5.71 Å². The second-order valence-electron chi connectivity index (χ2n) is 5.64. The minimum Gasteiger partial charge on any atom is -0.396 e. The summed E-state index contributed by atoms with van der Waals surface area (Å²) in [5, 5.41) is 22.4. The molecule has 1 saturated carbocycles. The van der Waals surface area contributed by atoms with Crippen molar-refractivity contribution in [2.24, 2.45) is 16.5 Å². The zero-order chi connectivity index (χ0) is 16.6. The lowest BCUT2D eigenvalue weighted by Crippen LogP contribution is -2.26. The number of alkyl halides is 3. The van der Waals surface area contributed by atoms with Crippen LogP contribution in [-0.2, 0) is 4.84 Å². The van der Waals surface area contributed by atoms with Crippen LogP contribution in [0.5, 0.6) is 0 Å². The first-order valence-electron chi connectivity index (χ1n) is 7.41. The molecule has 0 aromatic carbocycles. The number of nitrogens with zero attached hydrogens (tertiary/aromatic N) is 3. The van der Waals surface area contributed by atoms with E-state index in [1.165, 1.54) is 0 Å². The van der Waals surface area contributed by atoms with E-state index in [1.807, 2.05) is 19.1 Å². The second kappa shape index (κ2) is 8.03. The fourth-order valence-corrected chi connectivity index (χ4v) is 2.64. The molecule has 0 bridgehead atoms. The van der Waals surface area contributed by atoms with Gasteiger partial charge >= 0.3 is 6.18 Å². The smallest absolute Gasteiger partial charge is 0.389 e. The summed E-state index contributed by atoms with van der Waals surface area (Å²) in [5.74, 6) is 0.0770. The third-order valence-corrected chi connectivity index (χ3v) is 3.91. The molecule has 0 unspecified atom stereocenters. The molecule has 0 aromatic heterocycles. The molecule has 0 radical (unpaired) electrons. The molecular weight excluding hydrogens is 295 g/mol. The van der Waals surface area contributed by atoms with Crippen molar-refractivity contribution in [2.75, 3.05) is 6.61 Å². The van der Waals surface area contributed by atoms with Crippen LogP contribution in [0.4, 0.5) is 13.2 Å². The van der Waals surface area contributed by atoms with Crippen LogP contribution in [-0.4, -0.2) is 18.5 Å². The van der Waals surface area contributed by atoms with Crippen molar-refractivity contribution in [3.8, 4) is 12.1 Å². The average Bonchev–Trinajstić information content (AvgIpc) is 2.50. The lowest BCUT2D eigenvalue weighted by Gasteiger charge is -2.28. The number of hydrogen-bond acceptors (Lipinski definition) is 4. The molecule has 4 nitrogen and oxygen atoms in total. The van der Waals surface area contributed by atoms with E-state index < -0.39 is 24.4 Å². The molecule has 1 aliphatic rings. The van der Waals surface area contributed by atoms with Crippen molar-refractivity contribution < 1.29 is 18.0 Å². The molecule has 0 heterocycles. The Kier molecular flexibility index (Phi) is 6.67. The van der Waals surface area contributed by atoms with E-state index in [1.54, 1.807) is 0 Å². The van der Waals surface area contributed by atoms with Crippen molar-refractivity contribution in [3.05, 3.63) is 0 Å². The van der Waals surface area contributed by atoms with Gasteiger partial charge < -0.3 is 4.84 Å². The summed E-state index contributed by atoms with van der Waals surface area (Å²) in [7, 11) is 0. The predicted octanol–water partition coefficient (Wildman–Crippen LogP) is 4.34. The van der Waals surface area contributed by atoms with Gasteiger partial charge in [0.1, 0.15) is 12.0 Å². The van der Waals surface area contributed by atoms with E-state index in [2.05, 4.69) is 5.16 Å². The fourth-order valence-electron chi connectivity index (χ4n) is 2.64. The number of hydrogen-bond donors (Lipinski definition) is 0. The maximum absolute atomic E-state index is 12.4. The SMILES string of the molecule is CCON=C1CCC(CC(C#N)(C#N)CCC(F)(F)F)CC1. The standard InChI is InChI=1S/C15H20F3N3O/c1-2-22-21-13-5-3-12(4-6-13)9-14(10-19,11-20)7-8-15(16,17)18/h12H,2-9H2,1H3. The highest BCUT2D eigenvalue weighted by molar-refractivity contribution is 5.84. The van der Waals surface area contributed by atoms with Crippen molar-refractivity contribution in [1.29, 1.82) is 10.5 Å². The Morgan fingerprint density at radius 3 is 2.23 bits per heavy atom. The number of rotatable bonds is 6. The molecule has 0 atom stereocenters. The molecule has 22 heavy (non-hydrogen) atoms. The topological polar surface area (TPSA) is 69.2 Å². The average molecular weight is 315 g/mol. The molecule has 7 heteroatoms. The summed E-state index contributed by atoms with van der Waals surface area (Å²) >= 11 is 0. The first-order valence-corrected chi connectivity index (χ1v) is 7.41. The van der Waals surface area contributed by atoms with E-state index in [9.17, 15) is 23.7 Å². The third-order valence-electron chi connectivity index (χ3n) is 3.91. The molecule has 1 fully saturated rings. The number of nitriles is 2. The highest BCUT2D eigenvalue weighted by Gasteiger charge is 2.39. The van der Waals surface area contributed by atoms with Gasteiger partial charge in [0.25, 0.3) is 0 Å². The van der Waals surface area contributed by atoms with Gasteiger partial charge in [-0.2, -0.15) is 23.7 Å². The zero-order valence-electron chi connectivity index (χ0n) is 12.6. The van der Waals surface area contributed by atoms with E-state index in [4.69, 9.17) is 4.84 Å². The first kappa shape index (κ1) is 18.3. The molecule has 1 rings (SSSR count). The molecule has 0 amide bonds. The van der Waals surface area contributed by atoms with Gasteiger partial charge in [0.2, 0.25) is 0 Å². The van der Waals surface area contributed by atoms with Crippen LogP contribution in [0.15, 0.2) is 5.16 Å². The quantitative estimate of drug-likeness (QED) is 0.685. The summed E-state index contributed by atoms with van der Waals surface area (Å²) < 4.78 is 37.1. The highest BCUT2D eigenvalue weighted by Crippen LogP contribution is 2.39. The molecule has 0 spiro atoms. The fraction of sp³-hybridized carbons (Fsp3) is 0.800. The molecule has 0 saturated heterocycles. The van der Waals surface area contributed by atoms with Crippen molar-refractivity contribution in [1.82, 2.24) is 0 Å². The Bertz CT molecular complexity index is 450. The minimum atomic E-state index is -4.34. The zero-order valence-corrected chi connectivity index (χ0v) is 12.6. The molecular formula is C15H20F3N3O. The largest absolute Gasteiger partial charge is 0.396 e. The van der Waals surface area contributed by atoms with Gasteiger partial charge in [-0.05, 0) is 51.4 Å². The lowest BCUT2D eigenvalue weighted by atomic mass is 9.73. The molecule has 0 N–H and O–H groups in total. The van der Waals surface area contributed by atoms with Crippen LogP contribution in [0.2, 0.25) is 0 Å². The summed E-state index contributed by atoms with van der Waals surface area (Å²) in [6, 6.07) is 3.63. The maximum Gasteiger partial charge on any atom is 0.389 e. The Hall–Kier alpha value is -1.76. The van der Waals surface area contributed by atoms with Crippen molar-refractivity contribution in [3.63, 3.8) is 0 Å². The first-order chi connectivity index (χ1) is 10.3. The van der Waals surface area contributed by atoms with E-state index in [0.29, 0.717) is 19.4 Å².